The van der Waals surface area contributed by atoms with Gasteiger partial charge in [0.15, 0.2) is 5.78 Å². The average Bonchev–Trinajstić information content (AvgIpc) is 3.29. The second-order valence-electron chi connectivity index (χ2n) is 8.92. The highest BCUT2D eigenvalue weighted by atomic mass is 35.5. The summed E-state index contributed by atoms with van der Waals surface area (Å²) in [6, 6.07) is 23.3. The molecule has 5 rings (SSSR count). The number of aromatic amines is 1. The molecule has 2 N–H and O–H groups in total. The molecule has 0 saturated carbocycles. The van der Waals surface area contributed by atoms with Gasteiger partial charge in [0.05, 0.1) is 6.04 Å². The third kappa shape index (κ3) is 4.47. The first kappa shape index (κ1) is 22.7. The molecule has 0 spiro atoms. The van der Waals surface area contributed by atoms with Gasteiger partial charge < -0.3 is 15.0 Å². The molecular formula is C28H28ClN3O2. The number of hydrogen-bond acceptors (Lipinski definition) is 4. The minimum Gasteiger partial charge on any atom is -0.383 e. The minimum absolute atomic E-state index is 0.264. The summed E-state index contributed by atoms with van der Waals surface area (Å²) in [5.74, 6) is -0.264. The predicted molar refractivity (Wildman–Crippen MR) is 138 cm³/mol. The van der Waals surface area contributed by atoms with Crippen LogP contribution in [0.2, 0.25) is 5.02 Å². The van der Waals surface area contributed by atoms with Crippen molar-refractivity contribution in [2.45, 2.75) is 19.1 Å². The summed E-state index contributed by atoms with van der Waals surface area (Å²) in [6.07, 6.45) is 0.527. The molecule has 2 atom stereocenters. The molecule has 1 fully saturated rings. The number of para-hydroxylation sites is 1. The van der Waals surface area contributed by atoms with E-state index in [0.717, 1.165) is 58.9 Å². The van der Waals surface area contributed by atoms with E-state index < -0.39 is 12.1 Å². The SMILES string of the molecule is Cc1ccc(C(C(O)C(=O)c2c[nH]c3ccccc23)N2CCN(c3cccc(Cl)c3)CC2)cc1. The fourth-order valence-corrected chi connectivity index (χ4v) is 5.05. The predicted octanol–water partition coefficient (Wildman–Crippen LogP) is 5.24. The zero-order valence-electron chi connectivity index (χ0n) is 19.1. The summed E-state index contributed by atoms with van der Waals surface area (Å²) in [5, 5.41) is 13.0. The maximum absolute atomic E-state index is 13.5. The topological polar surface area (TPSA) is 59.6 Å². The summed E-state index contributed by atoms with van der Waals surface area (Å²) < 4.78 is 0. The molecule has 0 radical (unpaired) electrons. The number of fused-ring (bicyclic) bond motifs is 1. The van der Waals surface area contributed by atoms with Crippen LogP contribution in [0, 0.1) is 6.92 Å². The lowest BCUT2D eigenvalue weighted by Crippen LogP contribution is -2.51. The van der Waals surface area contributed by atoms with Crippen LogP contribution in [0.1, 0.15) is 27.5 Å². The van der Waals surface area contributed by atoms with Crippen molar-refractivity contribution in [2.75, 3.05) is 31.1 Å². The standard InChI is InChI=1S/C28H28ClN3O2/c1-19-9-11-20(12-10-19)26(28(34)27(33)24-18-30-25-8-3-2-7-23(24)25)32-15-13-31(14-16-32)22-6-4-5-21(29)17-22/h2-12,17-18,26,28,30,34H,13-16H2,1H3. The molecule has 4 aromatic rings. The number of aryl methyl sites for hydroxylation is 1. The second kappa shape index (κ2) is 9.63. The van der Waals surface area contributed by atoms with Crippen LogP contribution in [0.25, 0.3) is 10.9 Å². The Hall–Kier alpha value is -3.12. The van der Waals surface area contributed by atoms with Crippen molar-refractivity contribution >= 4 is 34.0 Å². The maximum atomic E-state index is 13.5. The van der Waals surface area contributed by atoms with Crippen molar-refractivity contribution in [3.63, 3.8) is 0 Å². The molecule has 3 aromatic carbocycles. The van der Waals surface area contributed by atoms with Gasteiger partial charge in [-0.25, -0.2) is 0 Å². The fraction of sp³-hybridized carbons (Fsp3) is 0.250. The van der Waals surface area contributed by atoms with Crippen LogP contribution in [-0.2, 0) is 0 Å². The number of anilines is 1. The summed E-state index contributed by atoms with van der Waals surface area (Å²) >= 11 is 6.19. The van der Waals surface area contributed by atoms with Gasteiger partial charge >= 0.3 is 0 Å². The monoisotopic (exact) mass is 473 g/mol. The van der Waals surface area contributed by atoms with Gasteiger partial charge in [0, 0.05) is 59.6 Å². The fourth-order valence-electron chi connectivity index (χ4n) is 4.87. The molecule has 2 unspecified atom stereocenters. The van der Waals surface area contributed by atoms with E-state index in [-0.39, 0.29) is 5.78 Å². The Balaban J connectivity index is 1.42. The number of aliphatic hydroxyl groups is 1. The van der Waals surface area contributed by atoms with Crippen molar-refractivity contribution in [3.05, 3.63) is 101 Å². The number of rotatable bonds is 6. The lowest BCUT2D eigenvalue weighted by molar-refractivity contribution is 0.0366. The number of benzene rings is 3. The van der Waals surface area contributed by atoms with Crippen LogP contribution >= 0.6 is 11.6 Å². The normalized spacial score (nSPS) is 16.5. The molecule has 6 heteroatoms. The molecule has 1 aliphatic heterocycles. The van der Waals surface area contributed by atoms with E-state index >= 15 is 0 Å². The number of nitrogens with one attached hydrogen (secondary N) is 1. The molecule has 1 saturated heterocycles. The van der Waals surface area contributed by atoms with Crippen molar-refractivity contribution in [2.24, 2.45) is 0 Å². The summed E-state index contributed by atoms with van der Waals surface area (Å²) in [6.45, 7) is 5.07. The molecule has 0 bridgehead atoms. The van der Waals surface area contributed by atoms with Gasteiger partial charge in [-0.1, -0.05) is 65.7 Å². The second-order valence-corrected chi connectivity index (χ2v) is 9.35. The van der Waals surface area contributed by atoms with E-state index in [9.17, 15) is 9.90 Å². The van der Waals surface area contributed by atoms with E-state index in [1.165, 1.54) is 0 Å². The quantitative estimate of drug-likeness (QED) is 0.376. The molecule has 1 aliphatic rings. The van der Waals surface area contributed by atoms with Crippen LogP contribution in [-0.4, -0.2) is 53.1 Å². The molecule has 0 amide bonds. The van der Waals surface area contributed by atoms with Gasteiger partial charge in [-0.05, 0) is 36.8 Å². The van der Waals surface area contributed by atoms with Gasteiger partial charge in [0.25, 0.3) is 0 Å². The lowest BCUT2D eigenvalue weighted by atomic mass is 9.92. The number of carbonyl (C=O) groups is 1. The van der Waals surface area contributed by atoms with Gasteiger partial charge in [0.1, 0.15) is 6.10 Å². The van der Waals surface area contributed by atoms with Crippen molar-refractivity contribution in [3.8, 4) is 0 Å². The highest BCUT2D eigenvalue weighted by Crippen LogP contribution is 2.31. The average molecular weight is 474 g/mol. The highest BCUT2D eigenvalue weighted by Gasteiger charge is 2.35. The number of Topliss-reactive ketones (excluding diaryl/α,β-unsaturated/α-hetero) is 1. The summed E-state index contributed by atoms with van der Waals surface area (Å²) in [4.78, 5) is 21.2. The van der Waals surface area contributed by atoms with Crippen LogP contribution in [0.3, 0.4) is 0 Å². The largest absolute Gasteiger partial charge is 0.383 e. The summed E-state index contributed by atoms with van der Waals surface area (Å²) in [7, 11) is 0. The van der Waals surface area contributed by atoms with Gasteiger partial charge in [-0.15, -0.1) is 0 Å². The Labute approximate surface area is 204 Å². The van der Waals surface area contributed by atoms with Gasteiger partial charge in [0.2, 0.25) is 0 Å². The van der Waals surface area contributed by atoms with E-state index in [2.05, 4.69) is 20.9 Å². The Morgan fingerprint density at radius 2 is 1.71 bits per heavy atom. The van der Waals surface area contributed by atoms with Crippen LogP contribution < -0.4 is 4.90 Å². The minimum atomic E-state index is -1.18. The number of carbonyl (C=O) groups excluding carboxylic acids is 1. The van der Waals surface area contributed by atoms with Gasteiger partial charge in [-0.2, -0.15) is 0 Å². The van der Waals surface area contributed by atoms with Crippen LogP contribution in [0.15, 0.2) is 79.0 Å². The first-order valence-electron chi connectivity index (χ1n) is 11.6. The third-order valence-electron chi connectivity index (χ3n) is 6.72. The number of H-pyrrole nitrogens is 1. The Morgan fingerprint density at radius 3 is 2.44 bits per heavy atom. The van der Waals surface area contributed by atoms with Gasteiger partial charge in [-0.3, -0.25) is 9.69 Å². The van der Waals surface area contributed by atoms with Crippen molar-refractivity contribution < 1.29 is 9.90 Å². The smallest absolute Gasteiger partial charge is 0.195 e. The van der Waals surface area contributed by atoms with E-state index in [0.29, 0.717) is 5.56 Å². The molecule has 1 aromatic heterocycles. The van der Waals surface area contributed by atoms with Crippen LogP contribution in [0.4, 0.5) is 5.69 Å². The van der Waals surface area contributed by atoms with Crippen LogP contribution in [0.5, 0.6) is 0 Å². The number of aromatic nitrogens is 1. The summed E-state index contributed by atoms with van der Waals surface area (Å²) in [5.41, 5.74) is 4.60. The molecular weight excluding hydrogens is 446 g/mol. The first-order chi connectivity index (χ1) is 16.5. The molecule has 2 heterocycles. The molecule has 174 valence electrons. The van der Waals surface area contributed by atoms with Crippen molar-refractivity contribution in [1.82, 2.24) is 9.88 Å². The highest BCUT2D eigenvalue weighted by molar-refractivity contribution is 6.30. The van der Waals surface area contributed by atoms with E-state index in [1.54, 1.807) is 6.20 Å². The molecule has 0 aliphatic carbocycles. The maximum Gasteiger partial charge on any atom is 0.195 e. The van der Waals surface area contributed by atoms with Crippen molar-refractivity contribution in [1.29, 1.82) is 0 Å². The number of aliphatic hydroxyl groups excluding tert-OH is 1. The van der Waals surface area contributed by atoms with E-state index in [1.807, 2.05) is 73.7 Å². The van der Waals surface area contributed by atoms with E-state index in [4.69, 9.17) is 11.6 Å². The number of hydrogen-bond donors (Lipinski definition) is 2. The zero-order chi connectivity index (χ0) is 23.7. The Morgan fingerprint density at radius 1 is 0.971 bits per heavy atom. The first-order valence-corrected chi connectivity index (χ1v) is 12.0. The number of nitrogens with zero attached hydrogens (tertiary/aromatic N) is 2. The molecule has 5 nitrogen and oxygen atoms in total. The Kier molecular flexibility index (Phi) is 6.42. The number of halogens is 1. The molecule has 34 heavy (non-hydrogen) atoms. The third-order valence-corrected chi connectivity index (χ3v) is 6.96. The zero-order valence-corrected chi connectivity index (χ0v) is 19.9. The lowest BCUT2D eigenvalue weighted by Gasteiger charge is -2.41. The number of piperazine rings is 1. The number of ketones is 1. The Bertz CT molecular complexity index is 1290.